The molecule has 0 aliphatic carbocycles. The van der Waals surface area contributed by atoms with Crippen LogP contribution in [0, 0.1) is 16.7 Å². The second-order valence-electron chi connectivity index (χ2n) is 6.25. The lowest BCUT2D eigenvalue weighted by molar-refractivity contribution is 0.0699. The van der Waals surface area contributed by atoms with Gasteiger partial charge in [0.2, 0.25) is 10.0 Å². The molecule has 126 valence electrons. The summed E-state index contributed by atoms with van der Waals surface area (Å²) in [6.45, 7) is 3.28. The highest BCUT2D eigenvalue weighted by atomic mass is 32.2. The lowest BCUT2D eigenvalue weighted by atomic mass is 9.96. The minimum absolute atomic E-state index is 0.00106. The Balaban J connectivity index is 2.59. The largest absolute Gasteiger partial charge is 0.478 e. The minimum Gasteiger partial charge on any atom is -0.478 e. The average molecular weight is 346 g/mol. The van der Waals surface area contributed by atoms with Crippen molar-refractivity contribution in [1.29, 1.82) is 5.26 Å². The Morgan fingerprint density at radius 3 is 2.50 bits per heavy atom. The number of carbonyl (C=O) groups is 1. The van der Waals surface area contributed by atoms with E-state index in [9.17, 15) is 18.3 Å². The Kier molecular flexibility index (Phi) is 4.65. The molecule has 24 heavy (non-hydrogen) atoms. The summed E-state index contributed by atoms with van der Waals surface area (Å²) < 4.78 is 26.6. The molecule has 0 bridgehead atoms. The zero-order chi connectivity index (χ0) is 18.1. The van der Waals surface area contributed by atoms with E-state index in [1.165, 1.54) is 13.1 Å². The van der Waals surface area contributed by atoms with E-state index < -0.39 is 21.4 Å². The minimum atomic E-state index is -3.91. The van der Waals surface area contributed by atoms with Crippen LogP contribution >= 0.6 is 0 Å². The van der Waals surface area contributed by atoms with E-state index in [1.54, 1.807) is 38.1 Å². The second kappa shape index (κ2) is 6.23. The number of rotatable bonds is 5. The van der Waals surface area contributed by atoms with E-state index in [1.807, 2.05) is 0 Å². The van der Waals surface area contributed by atoms with Crippen molar-refractivity contribution in [3.8, 4) is 6.07 Å². The number of carboxylic acids is 1. The van der Waals surface area contributed by atoms with Gasteiger partial charge in [-0.05, 0) is 36.8 Å². The van der Waals surface area contributed by atoms with Crippen LogP contribution in [0.5, 0.6) is 0 Å². The SMILES string of the molecule is CN(CC(C)(C)C#N)S(=O)(=O)c1cc(C(=O)O)c2ccccc2c1. The Bertz CT molecular complexity index is 943. The van der Waals surface area contributed by atoms with Gasteiger partial charge in [-0.2, -0.15) is 9.57 Å². The summed E-state index contributed by atoms with van der Waals surface area (Å²) >= 11 is 0. The van der Waals surface area contributed by atoms with Crippen molar-refractivity contribution in [2.24, 2.45) is 5.41 Å². The molecule has 0 spiro atoms. The van der Waals surface area contributed by atoms with Crippen molar-refractivity contribution in [3.05, 3.63) is 42.0 Å². The molecule has 0 heterocycles. The van der Waals surface area contributed by atoms with Gasteiger partial charge < -0.3 is 5.11 Å². The first-order valence-electron chi connectivity index (χ1n) is 7.22. The zero-order valence-electron chi connectivity index (χ0n) is 13.6. The lowest BCUT2D eigenvalue weighted by Gasteiger charge is -2.24. The van der Waals surface area contributed by atoms with Crippen LogP contribution in [0.25, 0.3) is 10.8 Å². The molecular weight excluding hydrogens is 328 g/mol. The fourth-order valence-corrected chi connectivity index (χ4v) is 3.86. The van der Waals surface area contributed by atoms with Gasteiger partial charge in [0.05, 0.1) is 21.9 Å². The first-order valence-corrected chi connectivity index (χ1v) is 8.66. The summed E-state index contributed by atoms with van der Waals surface area (Å²) in [6, 6.07) is 11.4. The Labute approximate surface area is 141 Å². The molecule has 1 N–H and O–H groups in total. The average Bonchev–Trinajstić information content (AvgIpc) is 2.53. The quantitative estimate of drug-likeness (QED) is 0.897. The molecular formula is C17H18N2O4S. The topological polar surface area (TPSA) is 98.5 Å². The van der Waals surface area contributed by atoms with Gasteiger partial charge in [-0.15, -0.1) is 0 Å². The number of hydrogen-bond acceptors (Lipinski definition) is 4. The first kappa shape index (κ1) is 17.9. The van der Waals surface area contributed by atoms with Crippen LogP contribution in [0.2, 0.25) is 0 Å². The predicted octanol–water partition coefficient (Wildman–Crippen LogP) is 2.71. The smallest absolute Gasteiger partial charge is 0.336 e. The Morgan fingerprint density at radius 2 is 1.92 bits per heavy atom. The van der Waals surface area contributed by atoms with Gasteiger partial charge in [-0.1, -0.05) is 24.3 Å². The molecule has 0 atom stereocenters. The summed E-state index contributed by atoms with van der Waals surface area (Å²) in [4.78, 5) is 11.4. The van der Waals surface area contributed by atoms with Crippen molar-refractivity contribution in [2.75, 3.05) is 13.6 Å². The molecule has 2 aromatic rings. The number of benzene rings is 2. The lowest BCUT2D eigenvalue weighted by Crippen LogP contribution is -2.35. The Hall–Kier alpha value is -2.43. The van der Waals surface area contributed by atoms with Crippen LogP contribution in [-0.2, 0) is 10.0 Å². The van der Waals surface area contributed by atoms with Crippen LogP contribution in [0.15, 0.2) is 41.3 Å². The molecule has 2 aromatic carbocycles. The van der Waals surface area contributed by atoms with Gasteiger partial charge in [0.25, 0.3) is 0 Å². The summed E-state index contributed by atoms with van der Waals surface area (Å²) in [5.74, 6) is -1.19. The highest BCUT2D eigenvalue weighted by Gasteiger charge is 2.29. The van der Waals surface area contributed by atoms with E-state index in [4.69, 9.17) is 5.26 Å². The van der Waals surface area contributed by atoms with Gasteiger partial charge in [0.15, 0.2) is 0 Å². The molecule has 0 radical (unpaired) electrons. The third kappa shape index (κ3) is 3.40. The van der Waals surface area contributed by atoms with E-state index in [-0.39, 0.29) is 17.0 Å². The van der Waals surface area contributed by atoms with Crippen molar-refractivity contribution >= 4 is 26.8 Å². The van der Waals surface area contributed by atoms with Gasteiger partial charge in [0.1, 0.15) is 0 Å². The van der Waals surface area contributed by atoms with Crippen molar-refractivity contribution in [2.45, 2.75) is 18.7 Å². The molecule has 0 aliphatic rings. The fourth-order valence-electron chi connectivity index (χ4n) is 2.47. The highest BCUT2D eigenvalue weighted by Crippen LogP contribution is 2.27. The number of fused-ring (bicyclic) bond motifs is 1. The highest BCUT2D eigenvalue weighted by molar-refractivity contribution is 7.89. The number of sulfonamides is 1. The van der Waals surface area contributed by atoms with Gasteiger partial charge in [-0.25, -0.2) is 13.2 Å². The number of hydrogen-bond donors (Lipinski definition) is 1. The van der Waals surface area contributed by atoms with Crippen LogP contribution in [0.3, 0.4) is 0 Å². The molecule has 0 aliphatic heterocycles. The molecule has 2 rings (SSSR count). The molecule has 0 saturated carbocycles. The second-order valence-corrected chi connectivity index (χ2v) is 8.30. The maximum Gasteiger partial charge on any atom is 0.336 e. The maximum absolute atomic E-state index is 12.8. The van der Waals surface area contributed by atoms with E-state index in [0.29, 0.717) is 10.8 Å². The third-order valence-electron chi connectivity index (χ3n) is 3.69. The van der Waals surface area contributed by atoms with Crippen molar-refractivity contribution in [1.82, 2.24) is 4.31 Å². The number of nitrogens with zero attached hydrogens (tertiary/aromatic N) is 2. The van der Waals surface area contributed by atoms with Crippen molar-refractivity contribution in [3.63, 3.8) is 0 Å². The Morgan fingerprint density at radius 1 is 1.29 bits per heavy atom. The monoisotopic (exact) mass is 346 g/mol. The third-order valence-corrected chi connectivity index (χ3v) is 5.48. The molecule has 7 heteroatoms. The molecule has 0 amide bonds. The molecule has 0 unspecified atom stereocenters. The summed E-state index contributed by atoms with van der Waals surface area (Å²) in [6.07, 6.45) is 0. The predicted molar refractivity (Wildman–Crippen MR) is 90.1 cm³/mol. The summed E-state index contributed by atoms with van der Waals surface area (Å²) in [5.41, 5.74) is -0.923. The maximum atomic E-state index is 12.8. The number of aromatic carboxylic acids is 1. The molecule has 6 nitrogen and oxygen atoms in total. The van der Waals surface area contributed by atoms with E-state index in [0.717, 1.165) is 10.4 Å². The summed E-state index contributed by atoms with van der Waals surface area (Å²) in [5, 5.41) is 19.5. The normalized spacial score (nSPS) is 12.3. The molecule has 0 aromatic heterocycles. The van der Waals surface area contributed by atoms with Gasteiger partial charge in [-0.3, -0.25) is 0 Å². The van der Waals surface area contributed by atoms with Gasteiger partial charge in [0, 0.05) is 13.6 Å². The van der Waals surface area contributed by atoms with Crippen LogP contribution < -0.4 is 0 Å². The van der Waals surface area contributed by atoms with Crippen LogP contribution in [0.4, 0.5) is 0 Å². The van der Waals surface area contributed by atoms with Gasteiger partial charge >= 0.3 is 5.97 Å². The first-order chi connectivity index (χ1) is 11.1. The standard InChI is InChI=1S/C17H18N2O4S/c1-17(2,10-18)11-19(3)24(22,23)13-8-12-6-4-5-7-14(12)15(9-13)16(20)21/h4-9H,11H2,1-3H3,(H,20,21). The van der Waals surface area contributed by atoms with E-state index in [2.05, 4.69) is 6.07 Å². The van der Waals surface area contributed by atoms with Crippen LogP contribution in [-0.4, -0.2) is 37.4 Å². The van der Waals surface area contributed by atoms with Crippen LogP contribution in [0.1, 0.15) is 24.2 Å². The molecule has 0 saturated heterocycles. The fraction of sp³-hybridized carbons (Fsp3) is 0.294. The summed E-state index contributed by atoms with van der Waals surface area (Å²) in [7, 11) is -2.53. The number of nitriles is 1. The van der Waals surface area contributed by atoms with E-state index >= 15 is 0 Å². The van der Waals surface area contributed by atoms with Crippen molar-refractivity contribution < 1.29 is 18.3 Å². The molecule has 0 fully saturated rings. The number of carboxylic acid groups (broad SMARTS) is 1. The zero-order valence-corrected chi connectivity index (χ0v) is 14.5.